The molecule has 0 aliphatic rings. The second-order valence-electron chi connectivity index (χ2n) is 6.69. The van der Waals surface area contributed by atoms with Crippen LogP contribution in [0.25, 0.3) is 21.9 Å². The van der Waals surface area contributed by atoms with Gasteiger partial charge in [0.15, 0.2) is 0 Å². The van der Waals surface area contributed by atoms with Crippen LogP contribution in [0.5, 0.6) is 0 Å². The number of fused-ring (bicyclic) bond motifs is 1. The van der Waals surface area contributed by atoms with Gasteiger partial charge in [0.05, 0.1) is 0 Å². The van der Waals surface area contributed by atoms with Crippen molar-refractivity contribution < 1.29 is 4.79 Å². The van der Waals surface area contributed by atoms with Crippen molar-refractivity contribution in [3.8, 4) is 11.1 Å². The third kappa shape index (κ3) is 3.20. The van der Waals surface area contributed by atoms with Crippen molar-refractivity contribution >= 4 is 16.7 Å². The van der Waals surface area contributed by atoms with E-state index in [-0.39, 0.29) is 5.92 Å². The number of hydrogen-bond acceptors (Lipinski definition) is 2. The van der Waals surface area contributed by atoms with Crippen LogP contribution in [0.15, 0.2) is 85.2 Å². The van der Waals surface area contributed by atoms with E-state index in [1.807, 2.05) is 36.4 Å². The zero-order valence-corrected chi connectivity index (χ0v) is 15.1. The van der Waals surface area contributed by atoms with Gasteiger partial charge in [0.2, 0.25) is 5.91 Å². The fourth-order valence-corrected chi connectivity index (χ4v) is 3.66. The zero-order chi connectivity index (χ0) is 18.8. The van der Waals surface area contributed by atoms with Crippen LogP contribution in [-0.2, 0) is 0 Å². The number of nitrogens with two attached hydrogens (primary N) is 1. The summed E-state index contributed by atoms with van der Waals surface area (Å²) in [5, 5.41) is 2.38. The van der Waals surface area contributed by atoms with Crippen LogP contribution in [0.3, 0.4) is 0 Å². The van der Waals surface area contributed by atoms with Crippen LogP contribution in [0.1, 0.15) is 34.3 Å². The van der Waals surface area contributed by atoms with Crippen LogP contribution < -0.4 is 5.73 Å². The van der Waals surface area contributed by atoms with Crippen LogP contribution >= 0.6 is 0 Å². The summed E-state index contributed by atoms with van der Waals surface area (Å²) >= 11 is 0. The first kappa shape index (κ1) is 17.0. The molecule has 2 N–H and O–H groups in total. The molecule has 1 amide bonds. The highest BCUT2D eigenvalue weighted by atomic mass is 16.1. The molecule has 1 aromatic heterocycles. The third-order valence-electron chi connectivity index (χ3n) is 5.09. The Labute approximate surface area is 158 Å². The molecule has 0 spiro atoms. The number of pyridine rings is 1. The van der Waals surface area contributed by atoms with E-state index in [1.54, 1.807) is 12.4 Å². The van der Waals surface area contributed by atoms with E-state index < -0.39 is 5.91 Å². The lowest BCUT2D eigenvalue weighted by atomic mass is 9.85. The summed E-state index contributed by atoms with van der Waals surface area (Å²) in [6.45, 7) is 2.12. The fraction of sp³-hybridized carbons (Fsp3) is 0.0833. The lowest BCUT2D eigenvalue weighted by Crippen LogP contribution is -2.15. The fourth-order valence-electron chi connectivity index (χ4n) is 3.66. The first-order valence-corrected chi connectivity index (χ1v) is 8.97. The molecule has 0 bridgehead atoms. The van der Waals surface area contributed by atoms with Crippen molar-refractivity contribution in [1.29, 1.82) is 0 Å². The molecular formula is C24H20N2O. The summed E-state index contributed by atoms with van der Waals surface area (Å²) in [6.07, 6.45) is 3.54. The average Bonchev–Trinajstić information content (AvgIpc) is 2.73. The highest BCUT2D eigenvalue weighted by molar-refractivity contribution is 5.96. The molecule has 3 heteroatoms. The molecule has 4 aromatic rings. The predicted octanol–water partition coefficient (Wildman–Crippen LogP) is 5.15. The Hall–Kier alpha value is -3.46. The minimum atomic E-state index is -0.404. The first-order chi connectivity index (χ1) is 13.1. The van der Waals surface area contributed by atoms with E-state index in [1.165, 1.54) is 16.3 Å². The SMILES string of the molecule is C[C@@H](c1cc(-c2ccncc2)ccc1C(N)=O)c1cccc2ccccc12. The van der Waals surface area contributed by atoms with Gasteiger partial charge in [0, 0.05) is 23.9 Å². The molecule has 27 heavy (non-hydrogen) atoms. The summed E-state index contributed by atoms with van der Waals surface area (Å²) in [6, 6.07) is 24.4. The minimum Gasteiger partial charge on any atom is -0.366 e. The van der Waals surface area contributed by atoms with Gasteiger partial charge in [-0.05, 0) is 57.3 Å². The molecule has 1 atom stereocenters. The number of carbonyl (C=O) groups is 1. The molecule has 0 aliphatic heterocycles. The molecule has 4 rings (SSSR count). The second-order valence-corrected chi connectivity index (χ2v) is 6.69. The standard InChI is InChI=1S/C24H20N2O/c1-16(20-8-4-6-18-5-2-3-7-21(18)20)23-15-19(9-10-22(23)24(25)27)17-11-13-26-14-12-17/h2-16H,1H3,(H2,25,27)/t16-/m1/s1. The Morgan fingerprint density at radius 2 is 1.59 bits per heavy atom. The van der Waals surface area contributed by atoms with Gasteiger partial charge in [-0.25, -0.2) is 0 Å². The number of nitrogens with zero attached hydrogens (tertiary/aromatic N) is 1. The third-order valence-corrected chi connectivity index (χ3v) is 5.09. The van der Waals surface area contributed by atoms with Gasteiger partial charge in [-0.15, -0.1) is 0 Å². The highest BCUT2D eigenvalue weighted by Gasteiger charge is 2.18. The lowest BCUT2D eigenvalue weighted by molar-refractivity contribution is 0.0999. The summed E-state index contributed by atoms with van der Waals surface area (Å²) in [4.78, 5) is 16.2. The van der Waals surface area contributed by atoms with E-state index in [4.69, 9.17) is 5.73 Å². The summed E-state index contributed by atoms with van der Waals surface area (Å²) in [7, 11) is 0. The van der Waals surface area contributed by atoms with Gasteiger partial charge >= 0.3 is 0 Å². The number of carbonyl (C=O) groups excluding carboxylic acids is 1. The van der Waals surface area contributed by atoms with E-state index in [0.29, 0.717) is 5.56 Å². The molecule has 0 fully saturated rings. The van der Waals surface area contributed by atoms with Crippen LogP contribution in [0.4, 0.5) is 0 Å². The van der Waals surface area contributed by atoms with E-state index in [2.05, 4.69) is 48.3 Å². The molecule has 1 heterocycles. The number of hydrogen-bond donors (Lipinski definition) is 1. The van der Waals surface area contributed by atoms with Crippen molar-refractivity contribution in [2.75, 3.05) is 0 Å². The largest absolute Gasteiger partial charge is 0.366 e. The van der Waals surface area contributed by atoms with E-state index in [0.717, 1.165) is 16.7 Å². The summed E-state index contributed by atoms with van der Waals surface area (Å²) in [5.41, 5.74) is 10.5. The van der Waals surface area contributed by atoms with Gasteiger partial charge in [-0.1, -0.05) is 55.5 Å². The Morgan fingerprint density at radius 1 is 0.852 bits per heavy atom. The van der Waals surface area contributed by atoms with Gasteiger partial charge in [-0.3, -0.25) is 9.78 Å². The Bertz CT molecular complexity index is 1110. The topological polar surface area (TPSA) is 56.0 Å². The van der Waals surface area contributed by atoms with Crippen molar-refractivity contribution in [3.05, 3.63) is 102 Å². The van der Waals surface area contributed by atoms with Crippen LogP contribution in [0, 0.1) is 0 Å². The monoisotopic (exact) mass is 352 g/mol. The molecule has 3 aromatic carbocycles. The van der Waals surface area contributed by atoms with Gasteiger partial charge in [-0.2, -0.15) is 0 Å². The second kappa shape index (κ2) is 7.04. The quantitative estimate of drug-likeness (QED) is 0.552. The maximum absolute atomic E-state index is 12.1. The zero-order valence-electron chi connectivity index (χ0n) is 15.1. The van der Waals surface area contributed by atoms with Crippen LogP contribution in [0.2, 0.25) is 0 Å². The van der Waals surface area contributed by atoms with E-state index >= 15 is 0 Å². The maximum atomic E-state index is 12.1. The molecule has 0 aliphatic carbocycles. The molecule has 3 nitrogen and oxygen atoms in total. The van der Waals surface area contributed by atoms with Crippen molar-refractivity contribution in [3.63, 3.8) is 0 Å². The number of aromatic nitrogens is 1. The number of primary amides is 1. The van der Waals surface area contributed by atoms with Crippen molar-refractivity contribution in [2.24, 2.45) is 5.73 Å². The molecule has 132 valence electrons. The Kier molecular flexibility index (Phi) is 4.43. The van der Waals surface area contributed by atoms with Crippen molar-refractivity contribution in [2.45, 2.75) is 12.8 Å². The van der Waals surface area contributed by atoms with Crippen LogP contribution in [-0.4, -0.2) is 10.9 Å². The number of amides is 1. The normalized spacial score (nSPS) is 12.0. The van der Waals surface area contributed by atoms with Gasteiger partial charge in [0.25, 0.3) is 0 Å². The molecule has 0 saturated heterocycles. The lowest BCUT2D eigenvalue weighted by Gasteiger charge is -2.19. The summed E-state index contributed by atoms with van der Waals surface area (Å²) in [5.74, 6) is -0.376. The first-order valence-electron chi connectivity index (χ1n) is 8.97. The maximum Gasteiger partial charge on any atom is 0.248 e. The molecular weight excluding hydrogens is 332 g/mol. The Balaban J connectivity index is 1.89. The summed E-state index contributed by atoms with van der Waals surface area (Å²) < 4.78 is 0. The minimum absolute atomic E-state index is 0.0281. The Morgan fingerprint density at radius 3 is 2.37 bits per heavy atom. The number of rotatable bonds is 4. The molecule has 0 unspecified atom stereocenters. The highest BCUT2D eigenvalue weighted by Crippen LogP contribution is 2.34. The predicted molar refractivity (Wildman–Crippen MR) is 110 cm³/mol. The number of benzene rings is 3. The van der Waals surface area contributed by atoms with Crippen molar-refractivity contribution in [1.82, 2.24) is 4.98 Å². The molecule has 0 saturated carbocycles. The molecule has 0 radical (unpaired) electrons. The van der Waals surface area contributed by atoms with Gasteiger partial charge in [0.1, 0.15) is 0 Å². The smallest absolute Gasteiger partial charge is 0.248 e. The van der Waals surface area contributed by atoms with Gasteiger partial charge < -0.3 is 5.73 Å². The van der Waals surface area contributed by atoms with E-state index in [9.17, 15) is 4.79 Å². The average molecular weight is 352 g/mol.